The largest absolute Gasteiger partial charge is 0.330 e. The standard InChI is InChI=1S/C15H23BrN2O/c1-11-5-4-6-12(14(11)16)18-13(19)7-8-15(2,3)9-10-17/h4-6H,7-10,17H2,1-3H3,(H,18,19). The van der Waals surface area contributed by atoms with E-state index in [9.17, 15) is 4.79 Å². The number of rotatable bonds is 6. The van der Waals surface area contributed by atoms with E-state index < -0.39 is 0 Å². The van der Waals surface area contributed by atoms with Gasteiger partial charge >= 0.3 is 0 Å². The van der Waals surface area contributed by atoms with Crippen molar-refractivity contribution >= 4 is 27.5 Å². The van der Waals surface area contributed by atoms with Gasteiger partial charge in [-0.3, -0.25) is 4.79 Å². The first-order valence-corrected chi connectivity index (χ1v) is 7.40. The minimum Gasteiger partial charge on any atom is -0.330 e. The van der Waals surface area contributed by atoms with E-state index in [4.69, 9.17) is 5.73 Å². The number of nitrogens with one attached hydrogen (secondary N) is 1. The average molecular weight is 327 g/mol. The number of halogens is 1. The lowest BCUT2D eigenvalue weighted by atomic mass is 9.84. The molecule has 0 aliphatic carbocycles. The van der Waals surface area contributed by atoms with Gasteiger partial charge in [-0.1, -0.05) is 26.0 Å². The molecule has 0 unspecified atom stereocenters. The average Bonchev–Trinajstić information content (AvgIpc) is 2.33. The number of amides is 1. The molecule has 0 heterocycles. The van der Waals surface area contributed by atoms with Crippen molar-refractivity contribution in [3.63, 3.8) is 0 Å². The summed E-state index contributed by atoms with van der Waals surface area (Å²) in [6.45, 7) is 6.97. The Labute approximate surface area is 124 Å². The fraction of sp³-hybridized carbons (Fsp3) is 0.533. The zero-order valence-electron chi connectivity index (χ0n) is 11.9. The molecule has 3 nitrogen and oxygen atoms in total. The first-order chi connectivity index (χ1) is 8.85. The molecule has 1 aromatic rings. The second-order valence-corrected chi connectivity index (χ2v) is 6.48. The van der Waals surface area contributed by atoms with E-state index in [0.717, 1.165) is 28.6 Å². The Balaban J connectivity index is 2.54. The van der Waals surface area contributed by atoms with E-state index in [2.05, 4.69) is 35.1 Å². The van der Waals surface area contributed by atoms with E-state index in [-0.39, 0.29) is 11.3 Å². The molecule has 3 N–H and O–H groups in total. The maximum atomic E-state index is 12.0. The SMILES string of the molecule is Cc1cccc(NC(=O)CCC(C)(C)CCN)c1Br. The number of hydrogen-bond acceptors (Lipinski definition) is 2. The number of carbonyl (C=O) groups is 1. The van der Waals surface area contributed by atoms with Crippen molar-refractivity contribution in [2.45, 2.75) is 40.0 Å². The Morgan fingerprint density at radius 3 is 2.68 bits per heavy atom. The molecular weight excluding hydrogens is 304 g/mol. The van der Waals surface area contributed by atoms with Crippen molar-refractivity contribution in [3.8, 4) is 0 Å². The van der Waals surface area contributed by atoms with E-state index in [1.165, 1.54) is 0 Å². The summed E-state index contributed by atoms with van der Waals surface area (Å²) >= 11 is 3.49. The van der Waals surface area contributed by atoms with Crippen LogP contribution in [0.4, 0.5) is 5.69 Å². The summed E-state index contributed by atoms with van der Waals surface area (Å²) in [5.41, 5.74) is 7.64. The Kier molecular flexibility index (Phi) is 6.01. The summed E-state index contributed by atoms with van der Waals surface area (Å²) in [6.07, 6.45) is 2.31. The highest BCUT2D eigenvalue weighted by atomic mass is 79.9. The first-order valence-electron chi connectivity index (χ1n) is 6.61. The first kappa shape index (κ1) is 16.2. The molecule has 0 aromatic heterocycles. The molecule has 1 aromatic carbocycles. The third kappa shape index (κ3) is 5.33. The monoisotopic (exact) mass is 326 g/mol. The Bertz CT molecular complexity index is 444. The van der Waals surface area contributed by atoms with Crippen LogP contribution >= 0.6 is 15.9 Å². The normalized spacial score (nSPS) is 11.4. The van der Waals surface area contributed by atoms with E-state index in [1.54, 1.807) is 0 Å². The van der Waals surface area contributed by atoms with Gasteiger partial charge in [0, 0.05) is 10.9 Å². The van der Waals surface area contributed by atoms with Crippen LogP contribution in [-0.2, 0) is 4.79 Å². The van der Waals surface area contributed by atoms with Crippen LogP contribution in [0.25, 0.3) is 0 Å². The molecule has 0 aliphatic rings. The van der Waals surface area contributed by atoms with Crippen LogP contribution in [0.3, 0.4) is 0 Å². The molecule has 0 fully saturated rings. The third-order valence-electron chi connectivity index (χ3n) is 3.32. The molecule has 0 aliphatic heterocycles. The lowest BCUT2D eigenvalue weighted by Crippen LogP contribution is -2.20. The van der Waals surface area contributed by atoms with Gasteiger partial charge in [-0.2, -0.15) is 0 Å². The molecule has 0 radical (unpaired) electrons. The summed E-state index contributed by atoms with van der Waals surface area (Å²) in [4.78, 5) is 12.0. The number of carbonyl (C=O) groups excluding carboxylic acids is 1. The number of benzene rings is 1. The maximum Gasteiger partial charge on any atom is 0.224 e. The van der Waals surface area contributed by atoms with Crippen molar-refractivity contribution in [2.75, 3.05) is 11.9 Å². The molecule has 106 valence electrons. The van der Waals surface area contributed by atoms with Crippen molar-refractivity contribution < 1.29 is 4.79 Å². The molecule has 0 bridgehead atoms. The van der Waals surface area contributed by atoms with Crippen molar-refractivity contribution in [1.82, 2.24) is 0 Å². The molecule has 19 heavy (non-hydrogen) atoms. The summed E-state index contributed by atoms with van der Waals surface area (Å²) in [5, 5.41) is 2.95. The summed E-state index contributed by atoms with van der Waals surface area (Å²) in [6, 6.07) is 5.85. The Hall–Kier alpha value is -0.870. The van der Waals surface area contributed by atoms with E-state index in [0.29, 0.717) is 13.0 Å². The van der Waals surface area contributed by atoms with Gasteiger partial charge in [0.2, 0.25) is 5.91 Å². The Morgan fingerprint density at radius 1 is 1.37 bits per heavy atom. The van der Waals surface area contributed by atoms with E-state index >= 15 is 0 Å². The second-order valence-electron chi connectivity index (χ2n) is 5.69. The van der Waals surface area contributed by atoms with Gasteiger partial charge in [0.15, 0.2) is 0 Å². The van der Waals surface area contributed by atoms with Crippen molar-refractivity contribution in [2.24, 2.45) is 11.1 Å². The van der Waals surface area contributed by atoms with Crippen LogP contribution in [0.2, 0.25) is 0 Å². The predicted octanol–water partition coefficient (Wildman–Crippen LogP) is 3.85. The molecule has 1 rings (SSSR count). The predicted molar refractivity (Wildman–Crippen MR) is 84.2 cm³/mol. The number of aryl methyl sites for hydroxylation is 1. The zero-order valence-corrected chi connectivity index (χ0v) is 13.5. The molecular formula is C15H23BrN2O. The molecule has 0 spiro atoms. The van der Waals surface area contributed by atoms with Gasteiger partial charge in [0.05, 0.1) is 5.69 Å². The van der Waals surface area contributed by atoms with Gasteiger partial charge in [-0.05, 0) is 59.3 Å². The minimum absolute atomic E-state index is 0.0522. The zero-order chi connectivity index (χ0) is 14.5. The topological polar surface area (TPSA) is 55.1 Å². The highest BCUT2D eigenvalue weighted by Crippen LogP contribution is 2.28. The number of nitrogens with two attached hydrogens (primary N) is 1. The van der Waals surface area contributed by atoms with Crippen LogP contribution in [-0.4, -0.2) is 12.5 Å². The van der Waals surface area contributed by atoms with Gasteiger partial charge in [-0.15, -0.1) is 0 Å². The van der Waals surface area contributed by atoms with Crippen LogP contribution < -0.4 is 11.1 Å². The third-order valence-corrected chi connectivity index (χ3v) is 4.37. The summed E-state index contributed by atoms with van der Waals surface area (Å²) < 4.78 is 0.949. The van der Waals surface area contributed by atoms with Gasteiger partial charge in [0.1, 0.15) is 0 Å². The lowest BCUT2D eigenvalue weighted by molar-refractivity contribution is -0.116. The van der Waals surface area contributed by atoms with Crippen LogP contribution in [0.5, 0.6) is 0 Å². The number of anilines is 1. The van der Waals surface area contributed by atoms with Gasteiger partial charge in [-0.25, -0.2) is 0 Å². The Morgan fingerprint density at radius 2 is 2.05 bits per heavy atom. The van der Waals surface area contributed by atoms with E-state index in [1.807, 2.05) is 25.1 Å². The lowest BCUT2D eigenvalue weighted by Gasteiger charge is -2.23. The molecule has 0 saturated carbocycles. The highest BCUT2D eigenvalue weighted by molar-refractivity contribution is 9.10. The van der Waals surface area contributed by atoms with Gasteiger partial charge in [0.25, 0.3) is 0 Å². The van der Waals surface area contributed by atoms with Gasteiger partial charge < -0.3 is 11.1 Å². The molecule has 1 amide bonds. The minimum atomic E-state index is 0.0522. The number of hydrogen-bond donors (Lipinski definition) is 2. The van der Waals surface area contributed by atoms with Crippen molar-refractivity contribution in [1.29, 1.82) is 0 Å². The fourth-order valence-corrected chi connectivity index (χ4v) is 2.29. The van der Waals surface area contributed by atoms with Crippen molar-refractivity contribution in [3.05, 3.63) is 28.2 Å². The quantitative estimate of drug-likeness (QED) is 0.834. The molecule has 0 atom stereocenters. The molecule has 4 heteroatoms. The summed E-state index contributed by atoms with van der Waals surface area (Å²) in [7, 11) is 0. The molecule has 0 saturated heterocycles. The smallest absolute Gasteiger partial charge is 0.224 e. The van der Waals surface area contributed by atoms with Crippen LogP contribution in [0.15, 0.2) is 22.7 Å². The fourth-order valence-electron chi connectivity index (χ4n) is 1.92. The summed E-state index contributed by atoms with van der Waals surface area (Å²) in [5.74, 6) is 0.0522. The second kappa shape index (κ2) is 7.06. The van der Waals surface area contributed by atoms with Crippen LogP contribution in [0, 0.1) is 12.3 Å². The van der Waals surface area contributed by atoms with Crippen LogP contribution in [0.1, 0.15) is 38.7 Å². The highest BCUT2D eigenvalue weighted by Gasteiger charge is 2.18. The maximum absolute atomic E-state index is 12.0.